The van der Waals surface area contributed by atoms with Crippen LogP contribution in [0.25, 0.3) is 0 Å². The average Bonchev–Trinajstić information content (AvgIpc) is 3.18. The van der Waals surface area contributed by atoms with Crippen LogP contribution < -0.4 is 10.6 Å². The maximum absolute atomic E-state index is 12.8. The number of amides is 2. The van der Waals surface area contributed by atoms with Crippen LogP contribution in [-0.4, -0.2) is 23.3 Å². The number of carbonyl (C=O) groups is 2. The first-order valence-electron chi connectivity index (χ1n) is 10.4. The monoisotopic (exact) mass is 453 g/mol. The highest BCUT2D eigenvalue weighted by molar-refractivity contribution is 7.16. The zero-order valence-electron chi connectivity index (χ0n) is 17.3. The number of hydrogen-bond donors (Lipinski definition) is 2. The van der Waals surface area contributed by atoms with Crippen molar-refractivity contribution in [1.29, 1.82) is 0 Å². The van der Waals surface area contributed by atoms with Crippen molar-refractivity contribution in [2.45, 2.75) is 38.5 Å². The number of thiazole rings is 1. The van der Waals surface area contributed by atoms with E-state index in [9.17, 15) is 9.59 Å². The molecule has 2 amide bonds. The normalized spacial score (nSPS) is 15.2. The molecule has 160 valence electrons. The lowest BCUT2D eigenvalue weighted by Gasteiger charge is -2.20. The van der Waals surface area contributed by atoms with Gasteiger partial charge in [-0.2, -0.15) is 0 Å². The number of rotatable bonds is 6. The number of benzene rings is 2. The van der Waals surface area contributed by atoms with Gasteiger partial charge in [0.05, 0.1) is 11.6 Å². The molecule has 1 heterocycles. The fourth-order valence-corrected chi connectivity index (χ4v) is 4.89. The Hall–Kier alpha value is -2.70. The molecule has 0 saturated carbocycles. The minimum absolute atomic E-state index is 0.00313. The van der Waals surface area contributed by atoms with Gasteiger partial charge >= 0.3 is 0 Å². The molecule has 2 N–H and O–H groups in total. The van der Waals surface area contributed by atoms with Crippen molar-refractivity contribution in [2.24, 2.45) is 0 Å². The Morgan fingerprint density at radius 2 is 1.87 bits per heavy atom. The van der Waals surface area contributed by atoms with E-state index in [1.807, 2.05) is 43.3 Å². The number of aryl methyl sites for hydroxylation is 2. The van der Waals surface area contributed by atoms with Crippen molar-refractivity contribution in [2.75, 3.05) is 11.9 Å². The molecule has 1 aliphatic rings. The highest BCUT2D eigenvalue weighted by Crippen LogP contribution is 2.37. The second kappa shape index (κ2) is 9.62. The minimum Gasteiger partial charge on any atom is -0.355 e. The Labute approximate surface area is 190 Å². The molecule has 1 aliphatic carbocycles. The van der Waals surface area contributed by atoms with E-state index < -0.39 is 0 Å². The number of carbonyl (C=O) groups excluding carboxylic acids is 2. The Bertz CT molecular complexity index is 1080. The van der Waals surface area contributed by atoms with Crippen LogP contribution in [0, 0.1) is 6.92 Å². The van der Waals surface area contributed by atoms with Crippen LogP contribution in [0.15, 0.2) is 48.5 Å². The van der Waals surface area contributed by atoms with Gasteiger partial charge in [0.1, 0.15) is 0 Å². The highest BCUT2D eigenvalue weighted by atomic mass is 35.5. The van der Waals surface area contributed by atoms with Crippen LogP contribution >= 0.6 is 22.9 Å². The van der Waals surface area contributed by atoms with Gasteiger partial charge in [-0.25, -0.2) is 4.98 Å². The number of nitrogens with one attached hydrogen (secondary N) is 2. The van der Waals surface area contributed by atoms with E-state index >= 15 is 0 Å². The third-order valence-electron chi connectivity index (χ3n) is 5.43. The van der Waals surface area contributed by atoms with Gasteiger partial charge in [-0.05, 0) is 62.4 Å². The fraction of sp³-hybridized carbons (Fsp3) is 0.292. The Kier molecular flexibility index (Phi) is 6.68. The maximum Gasteiger partial charge on any atom is 0.257 e. The molecule has 1 atom stereocenters. The van der Waals surface area contributed by atoms with Crippen molar-refractivity contribution in [1.82, 2.24) is 10.3 Å². The summed E-state index contributed by atoms with van der Waals surface area (Å²) in [7, 11) is 0. The lowest BCUT2D eigenvalue weighted by Crippen LogP contribution is -2.32. The second-order valence-corrected chi connectivity index (χ2v) is 9.28. The van der Waals surface area contributed by atoms with Gasteiger partial charge in [0.15, 0.2) is 5.13 Å². The van der Waals surface area contributed by atoms with E-state index in [0.717, 1.165) is 47.4 Å². The molecule has 0 bridgehead atoms. The number of hydrogen-bond acceptors (Lipinski definition) is 4. The number of aromatic nitrogens is 1. The van der Waals surface area contributed by atoms with Gasteiger partial charge in [-0.15, -0.1) is 11.3 Å². The molecule has 0 fully saturated rings. The smallest absolute Gasteiger partial charge is 0.257 e. The predicted octanol–water partition coefficient (Wildman–Crippen LogP) is 5.14. The van der Waals surface area contributed by atoms with E-state index in [4.69, 9.17) is 11.6 Å². The van der Waals surface area contributed by atoms with Gasteiger partial charge in [0.25, 0.3) is 5.91 Å². The van der Waals surface area contributed by atoms with Crippen LogP contribution in [0.5, 0.6) is 0 Å². The topological polar surface area (TPSA) is 71.1 Å². The third-order valence-corrected chi connectivity index (χ3v) is 6.73. The number of fused-ring (bicyclic) bond motifs is 1. The van der Waals surface area contributed by atoms with Gasteiger partial charge in [-0.3, -0.25) is 14.9 Å². The first-order chi connectivity index (χ1) is 15.0. The van der Waals surface area contributed by atoms with Crippen LogP contribution in [0.1, 0.15) is 50.8 Å². The molecule has 0 aliphatic heterocycles. The molecule has 3 aromatic rings. The van der Waals surface area contributed by atoms with Gasteiger partial charge < -0.3 is 5.32 Å². The lowest BCUT2D eigenvalue weighted by atomic mass is 9.90. The maximum atomic E-state index is 12.8. The van der Waals surface area contributed by atoms with Crippen molar-refractivity contribution in [3.05, 3.63) is 80.8 Å². The number of nitrogens with zero attached hydrogens (tertiary/aromatic N) is 1. The largest absolute Gasteiger partial charge is 0.355 e. The van der Waals surface area contributed by atoms with E-state index in [1.165, 1.54) is 11.3 Å². The standard InChI is InChI=1S/C24H24ClN3O2S/c1-15-5-9-17(10-6-15)22(29)28-24-27-21-19(3-2-4-20(21)31-24)23(30)26-14-13-16-7-11-18(25)12-8-16/h5-12,19H,2-4,13-14H2,1H3,(H,26,30)(H,27,28,29). The molecule has 4 rings (SSSR count). The van der Waals surface area contributed by atoms with Gasteiger partial charge in [0, 0.05) is 22.0 Å². The number of halogens is 1. The minimum atomic E-state index is -0.268. The summed E-state index contributed by atoms with van der Waals surface area (Å²) in [5.74, 6) is -0.457. The van der Waals surface area contributed by atoms with Crippen molar-refractivity contribution >= 4 is 39.9 Å². The summed E-state index contributed by atoms with van der Waals surface area (Å²) in [5.41, 5.74) is 3.63. The molecule has 0 radical (unpaired) electrons. The molecule has 1 unspecified atom stereocenters. The van der Waals surface area contributed by atoms with Gasteiger partial charge in [-0.1, -0.05) is 41.4 Å². The third kappa shape index (κ3) is 5.32. The molecule has 7 heteroatoms. The van der Waals surface area contributed by atoms with E-state index in [-0.39, 0.29) is 17.7 Å². The zero-order chi connectivity index (χ0) is 21.8. The Morgan fingerprint density at radius 3 is 2.61 bits per heavy atom. The summed E-state index contributed by atoms with van der Waals surface area (Å²) in [5, 5.41) is 7.19. The molecular formula is C24H24ClN3O2S. The summed E-state index contributed by atoms with van der Waals surface area (Å²) >= 11 is 7.39. The van der Waals surface area contributed by atoms with Gasteiger partial charge in [0.2, 0.25) is 5.91 Å². The van der Waals surface area contributed by atoms with Crippen molar-refractivity contribution in [3.8, 4) is 0 Å². The van der Waals surface area contributed by atoms with Crippen LogP contribution in [0.4, 0.5) is 5.13 Å². The first-order valence-corrected chi connectivity index (χ1v) is 11.6. The quantitative estimate of drug-likeness (QED) is 0.543. The SMILES string of the molecule is Cc1ccc(C(=O)Nc2nc3c(s2)CCCC3C(=O)NCCc2ccc(Cl)cc2)cc1. The fourth-order valence-electron chi connectivity index (χ4n) is 3.71. The van der Waals surface area contributed by atoms with Crippen molar-refractivity contribution in [3.63, 3.8) is 0 Å². The molecule has 0 saturated heterocycles. The second-order valence-electron chi connectivity index (χ2n) is 7.76. The molecule has 31 heavy (non-hydrogen) atoms. The molecule has 0 spiro atoms. The molecule has 1 aromatic heterocycles. The summed E-state index contributed by atoms with van der Waals surface area (Å²) in [4.78, 5) is 31.1. The summed E-state index contributed by atoms with van der Waals surface area (Å²) in [6.45, 7) is 2.55. The van der Waals surface area contributed by atoms with E-state index in [2.05, 4.69) is 15.6 Å². The predicted molar refractivity (Wildman–Crippen MR) is 125 cm³/mol. The molecule has 5 nitrogen and oxygen atoms in total. The highest BCUT2D eigenvalue weighted by Gasteiger charge is 2.30. The van der Waals surface area contributed by atoms with Crippen LogP contribution in [-0.2, 0) is 17.6 Å². The Balaban J connectivity index is 1.38. The summed E-state index contributed by atoms with van der Waals surface area (Å²) in [6.07, 6.45) is 3.35. The van der Waals surface area contributed by atoms with Crippen LogP contribution in [0.3, 0.4) is 0 Å². The summed E-state index contributed by atoms with van der Waals surface area (Å²) in [6, 6.07) is 15.1. The lowest BCUT2D eigenvalue weighted by molar-refractivity contribution is -0.122. The number of anilines is 1. The average molecular weight is 454 g/mol. The van der Waals surface area contributed by atoms with Crippen molar-refractivity contribution < 1.29 is 9.59 Å². The van der Waals surface area contributed by atoms with Crippen LogP contribution in [0.2, 0.25) is 5.02 Å². The zero-order valence-corrected chi connectivity index (χ0v) is 18.9. The molecule has 2 aromatic carbocycles. The first kappa shape index (κ1) is 21.5. The van der Waals surface area contributed by atoms with E-state index in [0.29, 0.717) is 22.3 Å². The Morgan fingerprint density at radius 1 is 1.13 bits per heavy atom. The van der Waals surface area contributed by atoms with E-state index in [1.54, 1.807) is 12.1 Å². The summed E-state index contributed by atoms with van der Waals surface area (Å²) < 4.78 is 0. The molecular weight excluding hydrogens is 430 g/mol.